The minimum atomic E-state index is -0.597. The van der Waals surface area contributed by atoms with Crippen LogP contribution in [0.25, 0.3) is 0 Å². The third-order valence-electron chi connectivity index (χ3n) is 2.04. The fraction of sp³-hybridized carbons (Fsp3) is 0.600. The maximum Gasteiger partial charge on any atom is 0.426 e. The molecule has 0 aromatic carbocycles. The van der Waals surface area contributed by atoms with Gasteiger partial charge in [0.15, 0.2) is 5.84 Å². The second kappa shape index (κ2) is 8.68. The fourth-order valence-corrected chi connectivity index (χ4v) is 1.56. The van der Waals surface area contributed by atoms with E-state index in [-0.39, 0.29) is 11.1 Å². The van der Waals surface area contributed by atoms with Crippen molar-refractivity contribution in [2.45, 2.75) is 47.1 Å². The number of carbonyl (C=O) groups is 1. The molecule has 0 bridgehead atoms. The Labute approximate surface area is 138 Å². The number of aliphatic imine (C=N–C) groups is 1. The lowest BCUT2D eigenvalue weighted by Gasteiger charge is -2.28. The molecule has 0 aromatic rings. The van der Waals surface area contributed by atoms with E-state index in [0.717, 1.165) is 0 Å². The Morgan fingerprint density at radius 3 is 2.41 bits per heavy atom. The topological polar surface area (TPSA) is 80.0 Å². The summed E-state index contributed by atoms with van der Waals surface area (Å²) in [6.07, 6.45) is 1.02. The van der Waals surface area contributed by atoms with E-state index in [1.54, 1.807) is 38.8 Å². The van der Waals surface area contributed by atoms with E-state index in [9.17, 15) is 4.79 Å². The summed E-state index contributed by atoms with van der Waals surface area (Å²) in [5.41, 5.74) is 8.29. The predicted molar refractivity (Wildman–Crippen MR) is 91.3 cm³/mol. The first kappa shape index (κ1) is 20.3. The second-order valence-electron chi connectivity index (χ2n) is 6.35. The van der Waals surface area contributed by atoms with Crippen molar-refractivity contribution >= 4 is 23.5 Å². The summed E-state index contributed by atoms with van der Waals surface area (Å²) in [5.74, 6) is 0.648. The standard InChI is InChI=1S/C15H27ClN4O2/c1-10(2)9-20(19-14(21)22-15(5,6)7)13(8-11(3)17)18-12(4)16/h8,10H,4,9,17H2,1-3,5-7H3,(H,19,21)/b11-8-,18-13+. The maximum atomic E-state index is 12.0. The van der Waals surface area contributed by atoms with Crippen molar-refractivity contribution in [1.29, 1.82) is 0 Å². The van der Waals surface area contributed by atoms with E-state index in [1.807, 2.05) is 13.8 Å². The van der Waals surface area contributed by atoms with Gasteiger partial charge in [-0.3, -0.25) is 5.01 Å². The molecule has 0 fully saturated rings. The molecule has 0 heterocycles. The molecule has 22 heavy (non-hydrogen) atoms. The van der Waals surface area contributed by atoms with Crippen LogP contribution in [0.4, 0.5) is 4.79 Å². The number of halogens is 1. The number of ether oxygens (including phenoxy) is 1. The third kappa shape index (κ3) is 10.1. The monoisotopic (exact) mass is 330 g/mol. The highest BCUT2D eigenvalue weighted by molar-refractivity contribution is 6.29. The summed E-state index contributed by atoms with van der Waals surface area (Å²) >= 11 is 5.76. The number of nitrogens with two attached hydrogens (primary N) is 1. The summed E-state index contributed by atoms with van der Waals surface area (Å²) in [7, 11) is 0. The van der Waals surface area contributed by atoms with Gasteiger partial charge >= 0.3 is 6.09 Å². The van der Waals surface area contributed by atoms with E-state index in [0.29, 0.717) is 18.1 Å². The molecule has 6 nitrogen and oxygen atoms in total. The molecule has 3 N–H and O–H groups in total. The molecule has 0 aromatic heterocycles. The number of nitrogens with one attached hydrogen (secondary N) is 1. The number of rotatable bonds is 4. The third-order valence-corrected chi connectivity index (χ3v) is 2.13. The highest BCUT2D eigenvalue weighted by atomic mass is 35.5. The molecule has 0 aliphatic heterocycles. The van der Waals surface area contributed by atoms with Crippen LogP contribution in [0, 0.1) is 5.92 Å². The first-order valence-corrected chi connectivity index (χ1v) is 7.42. The van der Waals surface area contributed by atoms with Crippen LogP contribution in [0.3, 0.4) is 0 Å². The van der Waals surface area contributed by atoms with Gasteiger partial charge in [-0.25, -0.2) is 15.2 Å². The lowest BCUT2D eigenvalue weighted by molar-refractivity contribution is 0.0408. The SMILES string of the molecule is C=C(Cl)/N=C(\C=C(\C)N)N(CC(C)C)NC(=O)OC(C)(C)C. The number of hydrogen-bond acceptors (Lipinski definition) is 4. The van der Waals surface area contributed by atoms with E-state index in [4.69, 9.17) is 22.1 Å². The normalized spacial score (nSPS) is 13.1. The maximum absolute atomic E-state index is 12.0. The molecule has 0 radical (unpaired) electrons. The van der Waals surface area contributed by atoms with Crippen molar-refractivity contribution in [1.82, 2.24) is 10.4 Å². The van der Waals surface area contributed by atoms with Crippen LogP contribution in [0.2, 0.25) is 0 Å². The van der Waals surface area contributed by atoms with Crippen molar-refractivity contribution in [3.8, 4) is 0 Å². The van der Waals surface area contributed by atoms with Gasteiger partial charge in [0, 0.05) is 18.3 Å². The Bertz CT molecular complexity index is 461. The van der Waals surface area contributed by atoms with Crippen molar-refractivity contribution < 1.29 is 9.53 Å². The smallest absolute Gasteiger partial charge is 0.426 e. The molecule has 0 aliphatic rings. The number of allylic oxidation sites excluding steroid dienone is 1. The molecule has 0 spiro atoms. The minimum Gasteiger partial charge on any atom is -0.443 e. The lowest BCUT2D eigenvalue weighted by atomic mass is 10.2. The first-order valence-electron chi connectivity index (χ1n) is 7.04. The highest BCUT2D eigenvalue weighted by Gasteiger charge is 2.20. The van der Waals surface area contributed by atoms with Gasteiger partial charge in [0.05, 0.1) is 0 Å². The molecule has 126 valence electrons. The van der Waals surface area contributed by atoms with Crippen LogP contribution in [0.5, 0.6) is 0 Å². The Morgan fingerprint density at radius 2 is 2.05 bits per heavy atom. The first-order chi connectivity index (χ1) is 9.90. The average molecular weight is 331 g/mol. The molecule has 0 saturated heterocycles. The van der Waals surface area contributed by atoms with E-state index < -0.39 is 11.7 Å². The average Bonchev–Trinajstić information content (AvgIpc) is 2.22. The number of amidine groups is 1. The lowest BCUT2D eigenvalue weighted by Crippen LogP contribution is -2.49. The highest BCUT2D eigenvalue weighted by Crippen LogP contribution is 2.09. The zero-order valence-electron chi connectivity index (χ0n) is 14.2. The Hall–Kier alpha value is -1.69. The van der Waals surface area contributed by atoms with Crippen LogP contribution in [-0.4, -0.2) is 29.1 Å². The summed E-state index contributed by atoms with van der Waals surface area (Å²) in [5, 5.41) is 1.63. The summed E-state index contributed by atoms with van der Waals surface area (Å²) < 4.78 is 5.26. The Balaban J connectivity index is 5.35. The minimum absolute atomic E-state index is 0.0900. The summed E-state index contributed by atoms with van der Waals surface area (Å²) in [6.45, 7) is 15.2. The van der Waals surface area contributed by atoms with Gasteiger partial charge in [0.25, 0.3) is 0 Å². The molecule has 0 rings (SSSR count). The molecule has 1 amide bonds. The Morgan fingerprint density at radius 1 is 1.50 bits per heavy atom. The van der Waals surface area contributed by atoms with E-state index in [2.05, 4.69) is 17.0 Å². The zero-order chi connectivity index (χ0) is 17.5. The van der Waals surface area contributed by atoms with Crippen molar-refractivity contribution in [3.63, 3.8) is 0 Å². The zero-order valence-corrected chi connectivity index (χ0v) is 15.0. The van der Waals surface area contributed by atoms with Crippen molar-refractivity contribution in [2.75, 3.05) is 6.54 Å². The molecule has 0 atom stereocenters. The largest absolute Gasteiger partial charge is 0.443 e. The molecule has 0 aliphatic carbocycles. The summed E-state index contributed by atoms with van der Waals surface area (Å²) in [4.78, 5) is 16.1. The van der Waals surface area contributed by atoms with Crippen LogP contribution < -0.4 is 11.2 Å². The number of carbonyl (C=O) groups excluding carboxylic acids is 1. The van der Waals surface area contributed by atoms with Crippen LogP contribution >= 0.6 is 11.6 Å². The molecular formula is C15H27ClN4O2. The van der Waals surface area contributed by atoms with Crippen molar-refractivity contribution in [3.05, 3.63) is 23.5 Å². The van der Waals surface area contributed by atoms with E-state index >= 15 is 0 Å². The molecule has 0 unspecified atom stereocenters. The quantitative estimate of drug-likeness (QED) is 0.358. The number of hydrogen-bond donors (Lipinski definition) is 2. The van der Waals surface area contributed by atoms with Crippen LogP contribution in [0.1, 0.15) is 41.5 Å². The van der Waals surface area contributed by atoms with Crippen LogP contribution in [-0.2, 0) is 4.74 Å². The number of hydrazine groups is 1. The van der Waals surface area contributed by atoms with Gasteiger partial charge in [0.1, 0.15) is 10.8 Å². The van der Waals surface area contributed by atoms with Gasteiger partial charge in [-0.1, -0.05) is 32.0 Å². The number of amides is 1. The fourth-order valence-electron chi connectivity index (χ4n) is 1.47. The van der Waals surface area contributed by atoms with Gasteiger partial charge in [-0.2, -0.15) is 0 Å². The van der Waals surface area contributed by atoms with E-state index in [1.165, 1.54) is 0 Å². The summed E-state index contributed by atoms with van der Waals surface area (Å²) in [6, 6.07) is 0. The van der Waals surface area contributed by atoms with Gasteiger partial charge in [-0.05, 0) is 33.6 Å². The Kier molecular flexibility index (Phi) is 8.01. The molecule has 7 heteroatoms. The number of nitrogens with zero attached hydrogens (tertiary/aromatic N) is 2. The van der Waals surface area contributed by atoms with Gasteiger partial charge in [-0.15, -0.1) is 0 Å². The van der Waals surface area contributed by atoms with Gasteiger partial charge < -0.3 is 10.5 Å². The van der Waals surface area contributed by atoms with Crippen molar-refractivity contribution in [2.24, 2.45) is 16.6 Å². The van der Waals surface area contributed by atoms with Gasteiger partial charge in [0.2, 0.25) is 0 Å². The predicted octanol–water partition coefficient (Wildman–Crippen LogP) is 3.36. The molecular weight excluding hydrogens is 304 g/mol. The van der Waals surface area contributed by atoms with Crippen LogP contribution in [0.15, 0.2) is 28.5 Å². The second-order valence-corrected chi connectivity index (χ2v) is 6.79. The molecule has 0 saturated carbocycles.